The molecule has 0 heterocycles. The summed E-state index contributed by atoms with van der Waals surface area (Å²) in [6, 6.07) is 12.4. The second kappa shape index (κ2) is 10.3. The summed E-state index contributed by atoms with van der Waals surface area (Å²) in [5.41, 5.74) is 2.51. The molecule has 2 aromatic rings. The molecule has 0 saturated heterocycles. The summed E-state index contributed by atoms with van der Waals surface area (Å²) >= 11 is 0. The first-order valence-electron chi connectivity index (χ1n) is 9.12. The first kappa shape index (κ1) is 19.6. The number of carbonyl (C=O) groups excluding carboxylic acids is 1. The number of benzene rings is 2. The zero-order valence-electron chi connectivity index (χ0n) is 15.5. The van der Waals surface area contributed by atoms with Crippen molar-refractivity contribution in [3.8, 4) is 11.5 Å². The Morgan fingerprint density at radius 3 is 2.54 bits per heavy atom. The Labute approximate surface area is 155 Å². The molecule has 0 aliphatic rings. The number of hydrogen-bond donors (Lipinski definition) is 3. The molecular formula is C21H28N2O3. The fourth-order valence-electron chi connectivity index (χ4n) is 2.67. The van der Waals surface area contributed by atoms with Crippen LogP contribution in [0.2, 0.25) is 0 Å². The molecule has 1 amide bonds. The van der Waals surface area contributed by atoms with Gasteiger partial charge in [0.2, 0.25) is 0 Å². The number of phenols is 1. The van der Waals surface area contributed by atoms with Crippen LogP contribution < -0.4 is 15.4 Å². The van der Waals surface area contributed by atoms with Gasteiger partial charge in [-0.25, -0.2) is 0 Å². The molecule has 140 valence electrons. The molecule has 2 rings (SSSR count). The van der Waals surface area contributed by atoms with Crippen molar-refractivity contribution in [1.29, 1.82) is 0 Å². The molecule has 0 saturated carbocycles. The van der Waals surface area contributed by atoms with E-state index in [1.165, 1.54) is 12.8 Å². The Kier molecular flexibility index (Phi) is 7.80. The lowest BCUT2D eigenvalue weighted by Gasteiger charge is -2.13. The molecule has 0 fully saturated rings. The highest BCUT2D eigenvalue weighted by molar-refractivity contribution is 5.95. The number of carbonyl (C=O) groups is 1. The number of unbranched alkanes of at least 4 members (excludes halogenated alkanes) is 2. The minimum absolute atomic E-state index is 0.108. The summed E-state index contributed by atoms with van der Waals surface area (Å²) in [7, 11) is 1.63. The quantitative estimate of drug-likeness (QED) is 0.563. The fourth-order valence-corrected chi connectivity index (χ4v) is 2.67. The predicted molar refractivity (Wildman–Crippen MR) is 105 cm³/mol. The monoisotopic (exact) mass is 356 g/mol. The van der Waals surface area contributed by atoms with Gasteiger partial charge in [-0.05, 0) is 48.7 Å². The maximum Gasteiger partial charge on any atom is 0.251 e. The van der Waals surface area contributed by atoms with Gasteiger partial charge in [-0.3, -0.25) is 4.79 Å². The molecule has 26 heavy (non-hydrogen) atoms. The maximum absolute atomic E-state index is 12.4. The predicted octanol–water partition coefficient (Wildman–Crippen LogP) is 3.98. The minimum atomic E-state index is -0.108. The lowest BCUT2D eigenvalue weighted by molar-refractivity contribution is 0.0954. The maximum atomic E-state index is 12.4. The number of amides is 1. The van der Waals surface area contributed by atoms with E-state index in [0.29, 0.717) is 18.5 Å². The summed E-state index contributed by atoms with van der Waals surface area (Å²) < 4.78 is 5.37. The van der Waals surface area contributed by atoms with Crippen molar-refractivity contribution in [2.75, 3.05) is 25.5 Å². The number of methoxy groups -OCH3 is 1. The molecule has 0 bridgehead atoms. The van der Waals surface area contributed by atoms with Crippen LogP contribution in [0.1, 0.15) is 42.1 Å². The summed E-state index contributed by atoms with van der Waals surface area (Å²) in [6.07, 6.45) is 4.14. The van der Waals surface area contributed by atoms with Crippen molar-refractivity contribution in [3.63, 3.8) is 0 Å². The Morgan fingerprint density at radius 2 is 1.85 bits per heavy atom. The molecule has 0 atom stereocenters. The van der Waals surface area contributed by atoms with E-state index in [1.54, 1.807) is 25.3 Å². The number of nitrogens with one attached hydrogen (secondary N) is 2. The molecule has 5 heteroatoms. The second-order valence-electron chi connectivity index (χ2n) is 6.22. The van der Waals surface area contributed by atoms with Gasteiger partial charge in [-0.1, -0.05) is 31.9 Å². The van der Waals surface area contributed by atoms with Crippen LogP contribution in [-0.2, 0) is 6.42 Å². The molecular weight excluding hydrogens is 328 g/mol. The first-order chi connectivity index (χ1) is 12.6. The van der Waals surface area contributed by atoms with Gasteiger partial charge in [-0.2, -0.15) is 0 Å². The number of anilines is 1. The largest absolute Gasteiger partial charge is 0.508 e. The van der Waals surface area contributed by atoms with Gasteiger partial charge in [0, 0.05) is 18.7 Å². The molecule has 0 radical (unpaired) electrons. The van der Waals surface area contributed by atoms with Crippen molar-refractivity contribution in [1.82, 2.24) is 5.32 Å². The number of ether oxygens (including phenoxy) is 1. The van der Waals surface area contributed by atoms with Crippen LogP contribution in [0.5, 0.6) is 11.5 Å². The van der Waals surface area contributed by atoms with Crippen molar-refractivity contribution in [2.24, 2.45) is 0 Å². The number of aromatic hydroxyl groups is 1. The van der Waals surface area contributed by atoms with Gasteiger partial charge in [0.15, 0.2) is 0 Å². The van der Waals surface area contributed by atoms with Gasteiger partial charge in [-0.15, -0.1) is 0 Å². The molecule has 0 aliphatic carbocycles. The van der Waals surface area contributed by atoms with Crippen LogP contribution in [0.25, 0.3) is 0 Å². The Hall–Kier alpha value is -2.69. The third-order valence-electron chi connectivity index (χ3n) is 4.19. The van der Waals surface area contributed by atoms with E-state index in [0.717, 1.165) is 30.0 Å². The van der Waals surface area contributed by atoms with Crippen LogP contribution in [0.15, 0.2) is 42.5 Å². The number of phenolic OH excluding ortho intramolecular Hbond substituents is 1. The van der Waals surface area contributed by atoms with Crippen molar-refractivity contribution in [2.45, 2.75) is 32.6 Å². The minimum Gasteiger partial charge on any atom is -0.508 e. The summed E-state index contributed by atoms with van der Waals surface area (Å²) in [6.45, 7) is 3.56. The zero-order chi connectivity index (χ0) is 18.8. The van der Waals surface area contributed by atoms with E-state index in [2.05, 4.69) is 17.6 Å². The Balaban J connectivity index is 1.91. The van der Waals surface area contributed by atoms with E-state index in [1.807, 2.05) is 24.3 Å². The van der Waals surface area contributed by atoms with E-state index in [4.69, 9.17) is 4.74 Å². The highest BCUT2D eigenvalue weighted by atomic mass is 16.5. The van der Waals surface area contributed by atoms with E-state index < -0.39 is 0 Å². The van der Waals surface area contributed by atoms with Gasteiger partial charge in [0.25, 0.3) is 5.91 Å². The Bertz CT molecular complexity index is 699. The third-order valence-corrected chi connectivity index (χ3v) is 4.19. The van der Waals surface area contributed by atoms with E-state index in [-0.39, 0.29) is 11.7 Å². The summed E-state index contributed by atoms with van der Waals surface area (Å²) in [5, 5.41) is 15.6. The van der Waals surface area contributed by atoms with Crippen LogP contribution >= 0.6 is 0 Å². The SMILES string of the molecule is CCCCCNc1cc(C(=O)NCCc2ccc(O)cc2)ccc1OC. The van der Waals surface area contributed by atoms with E-state index >= 15 is 0 Å². The molecule has 5 nitrogen and oxygen atoms in total. The molecule has 0 unspecified atom stereocenters. The normalized spacial score (nSPS) is 10.4. The molecule has 0 aliphatic heterocycles. The average Bonchev–Trinajstić information content (AvgIpc) is 2.66. The molecule has 0 aromatic heterocycles. The smallest absolute Gasteiger partial charge is 0.251 e. The fraction of sp³-hybridized carbons (Fsp3) is 0.381. The van der Waals surface area contributed by atoms with Crippen LogP contribution in [0.4, 0.5) is 5.69 Å². The van der Waals surface area contributed by atoms with Crippen LogP contribution in [0.3, 0.4) is 0 Å². The second-order valence-corrected chi connectivity index (χ2v) is 6.22. The highest BCUT2D eigenvalue weighted by Gasteiger charge is 2.10. The van der Waals surface area contributed by atoms with Gasteiger partial charge >= 0.3 is 0 Å². The van der Waals surface area contributed by atoms with Crippen molar-refractivity contribution in [3.05, 3.63) is 53.6 Å². The average molecular weight is 356 g/mol. The van der Waals surface area contributed by atoms with Gasteiger partial charge in [0.05, 0.1) is 12.8 Å². The number of hydrogen-bond acceptors (Lipinski definition) is 4. The molecule has 2 aromatic carbocycles. The van der Waals surface area contributed by atoms with Crippen LogP contribution in [0, 0.1) is 0 Å². The summed E-state index contributed by atoms with van der Waals surface area (Å²) in [5.74, 6) is 0.875. The van der Waals surface area contributed by atoms with Gasteiger partial charge in [0.1, 0.15) is 11.5 Å². The van der Waals surface area contributed by atoms with E-state index in [9.17, 15) is 9.90 Å². The third kappa shape index (κ3) is 5.99. The lowest BCUT2D eigenvalue weighted by atomic mass is 10.1. The van der Waals surface area contributed by atoms with Crippen molar-refractivity contribution >= 4 is 11.6 Å². The van der Waals surface area contributed by atoms with Gasteiger partial charge < -0.3 is 20.5 Å². The standard InChI is InChI=1S/C21H28N2O3/c1-3-4-5-13-22-19-15-17(8-11-20(19)26-2)21(25)23-14-12-16-6-9-18(24)10-7-16/h6-11,15,22,24H,3-5,12-14H2,1-2H3,(H,23,25). The summed E-state index contributed by atoms with van der Waals surface area (Å²) in [4.78, 5) is 12.4. The first-order valence-corrected chi connectivity index (χ1v) is 9.12. The van der Waals surface area contributed by atoms with Crippen LogP contribution in [-0.4, -0.2) is 31.2 Å². The highest BCUT2D eigenvalue weighted by Crippen LogP contribution is 2.25. The number of rotatable bonds is 10. The van der Waals surface area contributed by atoms with Crippen molar-refractivity contribution < 1.29 is 14.6 Å². The zero-order valence-corrected chi connectivity index (χ0v) is 15.5. The Morgan fingerprint density at radius 1 is 1.08 bits per heavy atom. The molecule has 0 spiro atoms. The molecule has 3 N–H and O–H groups in total. The lowest BCUT2D eigenvalue weighted by Crippen LogP contribution is -2.25. The topological polar surface area (TPSA) is 70.6 Å².